The van der Waals surface area contributed by atoms with Crippen LogP contribution >= 0.6 is 11.3 Å². The van der Waals surface area contributed by atoms with Gasteiger partial charge >= 0.3 is 6.03 Å². The fraction of sp³-hybridized carbons (Fsp3) is 0.0455. The molecule has 0 atom stereocenters. The summed E-state index contributed by atoms with van der Waals surface area (Å²) >= 11 is 1.32. The molecule has 0 bridgehead atoms. The number of carbonyl (C=O) groups is 1. The van der Waals surface area contributed by atoms with Crippen LogP contribution in [0, 0.1) is 5.82 Å². The Morgan fingerprint density at radius 2 is 1.38 bits per heavy atom. The van der Waals surface area contributed by atoms with E-state index in [-0.39, 0.29) is 11.7 Å². The quantitative estimate of drug-likeness (QED) is 0.461. The van der Waals surface area contributed by atoms with Crippen LogP contribution in [0.15, 0.2) is 84.9 Å². The van der Waals surface area contributed by atoms with Crippen molar-refractivity contribution >= 4 is 28.2 Å². The Balaban J connectivity index is 1.54. The molecule has 0 unspecified atom stereocenters. The van der Waals surface area contributed by atoms with Gasteiger partial charge in [-0.15, -0.1) is 10.2 Å². The second kappa shape index (κ2) is 8.62. The molecule has 4 aromatic rings. The summed E-state index contributed by atoms with van der Waals surface area (Å²) in [6, 6.07) is 25.2. The molecule has 0 saturated carbocycles. The molecule has 0 spiro atoms. The largest absolute Gasteiger partial charge is 0.325 e. The molecule has 2 N–H and O–H groups in total. The number of amides is 2. The van der Waals surface area contributed by atoms with Crippen molar-refractivity contribution in [1.82, 2.24) is 10.2 Å². The third kappa shape index (κ3) is 4.64. The van der Waals surface area contributed by atoms with Gasteiger partial charge in [0.05, 0.1) is 5.92 Å². The molecular weight excluding hydrogens is 387 g/mol. The lowest BCUT2D eigenvalue weighted by molar-refractivity contribution is 0.262. The average molecular weight is 404 g/mol. The van der Waals surface area contributed by atoms with Gasteiger partial charge in [-0.25, -0.2) is 9.18 Å². The molecule has 1 aromatic heterocycles. The highest BCUT2D eigenvalue weighted by molar-refractivity contribution is 7.15. The molecule has 0 aliphatic heterocycles. The van der Waals surface area contributed by atoms with Gasteiger partial charge in [0.2, 0.25) is 5.13 Å². The summed E-state index contributed by atoms with van der Waals surface area (Å²) in [5.74, 6) is -0.441. The van der Waals surface area contributed by atoms with Gasteiger partial charge in [-0.1, -0.05) is 72.0 Å². The van der Waals surface area contributed by atoms with Crippen LogP contribution in [-0.4, -0.2) is 16.2 Å². The van der Waals surface area contributed by atoms with E-state index >= 15 is 0 Å². The van der Waals surface area contributed by atoms with Crippen LogP contribution in [0.4, 0.5) is 20.0 Å². The van der Waals surface area contributed by atoms with Gasteiger partial charge in [0.15, 0.2) is 0 Å². The summed E-state index contributed by atoms with van der Waals surface area (Å²) in [5.41, 5.74) is 2.68. The standard InChI is InChI=1S/C22H17FN4OS/c23-17-11-13-18(14-12-17)24-21(28)25-22-27-26-20(29-22)19(15-7-3-1-4-8-15)16-9-5-2-6-10-16/h1-14,19H,(H2,24,25,27,28). The summed E-state index contributed by atoms with van der Waals surface area (Å²) < 4.78 is 13.0. The van der Waals surface area contributed by atoms with Gasteiger partial charge in [0, 0.05) is 5.69 Å². The molecule has 0 aliphatic carbocycles. The van der Waals surface area contributed by atoms with Crippen LogP contribution in [0.2, 0.25) is 0 Å². The first-order chi connectivity index (χ1) is 14.2. The number of benzene rings is 3. The Labute approximate surface area is 171 Å². The van der Waals surface area contributed by atoms with E-state index in [0.29, 0.717) is 10.8 Å². The van der Waals surface area contributed by atoms with Crippen molar-refractivity contribution in [2.45, 2.75) is 5.92 Å². The predicted octanol–water partition coefficient (Wildman–Crippen LogP) is 5.50. The highest BCUT2D eigenvalue weighted by Gasteiger charge is 2.21. The topological polar surface area (TPSA) is 66.9 Å². The first kappa shape index (κ1) is 18.8. The van der Waals surface area contributed by atoms with E-state index in [2.05, 4.69) is 20.8 Å². The van der Waals surface area contributed by atoms with Crippen molar-refractivity contribution in [3.05, 3.63) is 107 Å². The average Bonchev–Trinajstić information content (AvgIpc) is 3.19. The Bertz CT molecular complexity index is 1050. The maximum Gasteiger partial charge on any atom is 0.325 e. The van der Waals surface area contributed by atoms with Crippen molar-refractivity contribution in [3.8, 4) is 0 Å². The van der Waals surface area contributed by atoms with E-state index in [1.165, 1.54) is 35.6 Å². The number of urea groups is 1. The number of carbonyl (C=O) groups excluding carboxylic acids is 1. The van der Waals surface area contributed by atoms with Gasteiger partial charge in [-0.05, 0) is 35.4 Å². The number of halogens is 1. The fourth-order valence-electron chi connectivity index (χ4n) is 2.96. The van der Waals surface area contributed by atoms with E-state index in [9.17, 15) is 9.18 Å². The Hall–Kier alpha value is -3.58. The van der Waals surface area contributed by atoms with Gasteiger partial charge in [0.25, 0.3) is 0 Å². The summed E-state index contributed by atoms with van der Waals surface area (Å²) in [4.78, 5) is 12.2. The Morgan fingerprint density at radius 3 is 1.97 bits per heavy atom. The highest BCUT2D eigenvalue weighted by Crippen LogP contribution is 2.34. The van der Waals surface area contributed by atoms with E-state index in [1.807, 2.05) is 60.7 Å². The molecule has 5 nitrogen and oxygen atoms in total. The third-order valence-corrected chi connectivity index (χ3v) is 5.18. The third-order valence-electron chi connectivity index (χ3n) is 4.28. The molecule has 4 rings (SSSR count). The smallest absolute Gasteiger partial charge is 0.308 e. The van der Waals surface area contributed by atoms with Gasteiger partial charge in [-0.3, -0.25) is 5.32 Å². The van der Waals surface area contributed by atoms with E-state index in [1.54, 1.807) is 0 Å². The van der Waals surface area contributed by atoms with E-state index in [0.717, 1.165) is 16.1 Å². The van der Waals surface area contributed by atoms with Crippen molar-refractivity contribution in [3.63, 3.8) is 0 Å². The molecule has 29 heavy (non-hydrogen) atoms. The van der Waals surface area contributed by atoms with Crippen molar-refractivity contribution < 1.29 is 9.18 Å². The Kier molecular flexibility index (Phi) is 5.58. The Morgan fingerprint density at radius 1 is 0.793 bits per heavy atom. The maximum atomic E-state index is 13.0. The molecule has 3 aromatic carbocycles. The molecule has 0 saturated heterocycles. The summed E-state index contributed by atoms with van der Waals surface area (Å²) in [6.07, 6.45) is 0. The molecule has 144 valence electrons. The second-order valence-corrected chi connectivity index (χ2v) is 7.29. The predicted molar refractivity (Wildman–Crippen MR) is 113 cm³/mol. The molecule has 7 heteroatoms. The molecule has 0 fully saturated rings. The number of anilines is 2. The minimum absolute atomic E-state index is 0.0781. The molecule has 0 aliphatic rings. The molecular formula is C22H17FN4OS. The van der Waals surface area contributed by atoms with Gasteiger partial charge in [0.1, 0.15) is 10.8 Å². The van der Waals surface area contributed by atoms with Crippen LogP contribution in [0.1, 0.15) is 22.1 Å². The lowest BCUT2D eigenvalue weighted by Gasteiger charge is -2.14. The highest BCUT2D eigenvalue weighted by atomic mass is 32.1. The van der Waals surface area contributed by atoms with Gasteiger partial charge in [-0.2, -0.15) is 0 Å². The molecule has 2 amide bonds. The molecule has 0 radical (unpaired) electrons. The van der Waals surface area contributed by atoms with Crippen LogP contribution in [0.3, 0.4) is 0 Å². The van der Waals surface area contributed by atoms with E-state index in [4.69, 9.17) is 0 Å². The number of hydrogen-bond acceptors (Lipinski definition) is 4. The van der Waals surface area contributed by atoms with E-state index < -0.39 is 6.03 Å². The number of rotatable bonds is 5. The van der Waals surface area contributed by atoms with Crippen LogP contribution in [0.25, 0.3) is 0 Å². The monoisotopic (exact) mass is 404 g/mol. The second-order valence-electron chi connectivity index (χ2n) is 6.29. The van der Waals surface area contributed by atoms with Crippen LogP contribution in [-0.2, 0) is 0 Å². The summed E-state index contributed by atoms with van der Waals surface area (Å²) in [6.45, 7) is 0. The van der Waals surface area contributed by atoms with Crippen molar-refractivity contribution in [2.24, 2.45) is 0 Å². The summed E-state index contributed by atoms with van der Waals surface area (Å²) in [7, 11) is 0. The summed E-state index contributed by atoms with van der Waals surface area (Å²) in [5, 5.41) is 14.9. The zero-order valence-electron chi connectivity index (χ0n) is 15.2. The zero-order valence-corrected chi connectivity index (χ0v) is 16.1. The minimum atomic E-state index is -0.463. The van der Waals surface area contributed by atoms with Crippen LogP contribution in [0.5, 0.6) is 0 Å². The maximum absolute atomic E-state index is 13.0. The lowest BCUT2D eigenvalue weighted by atomic mass is 9.92. The SMILES string of the molecule is O=C(Nc1ccc(F)cc1)Nc1nnc(C(c2ccccc2)c2ccccc2)s1. The molecule has 1 heterocycles. The van der Waals surface area contributed by atoms with Crippen molar-refractivity contribution in [1.29, 1.82) is 0 Å². The number of nitrogens with zero attached hydrogens (tertiary/aromatic N) is 2. The first-order valence-corrected chi connectivity index (χ1v) is 9.77. The van der Waals surface area contributed by atoms with Crippen molar-refractivity contribution in [2.75, 3.05) is 10.6 Å². The number of nitrogens with one attached hydrogen (secondary N) is 2. The minimum Gasteiger partial charge on any atom is -0.308 e. The van der Waals surface area contributed by atoms with Gasteiger partial charge < -0.3 is 5.32 Å². The number of hydrogen-bond donors (Lipinski definition) is 2. The number of aromatic nitrogens is 2. The zero-order chi connectivity index (χ0) is 20.1. The van der Waals surface area contributed by atoms with Crippen LogP contribution < -0.4 is 10.6 Å². The lowest BCUT2D eigenvalue weighted by Crippen LogP contribution is -2.19. The fourth-order valence-corrected chi connectivity index (χ4v) is 3.86. The first-order valence-electron chi connectivity index (χ1n) is 8.96. The normalized spacial score (nSPS) is 10.7.